The molecule has 3 rings (SSSR count). The number of aromatic nitrogens is 1. The van der Waals surface area contributed by atoms with Gasteiger partial charge in [0.05, 0.1) is 17.6 Å². The van der Waals surface area contributed by atoms with Crippen LogP contribution in [0.1, 0.15) is 22.4 Å². The van der Waals surface area contributed by atoms with Crippen molar-refractivity contribution >= 4 is 23.0 Å². The van der Waals surface area contributed by atoms with E-state index in [0.717, 1.165) is 22.6 Å². The predicted octanol–water partition coefficient (Wildman–Crippen LogP) is 3.31. The average molecular weight is 388 g/mol. The number of benzene rings is 2. The fourth-order valence-electron chi connectivity index (χ4n) is 2.84. The van der Waals surface area contributed by atoms with Crippen molar-refractivity contribution in [2.75, 3.05) is 11.9 Å². The zero-order valence-corrected chi connectivity index (χ0v) is 16.4. The highest BCUT2D eigenvalue weighted by Gasteiger charge is 2.10. The topological polar surface area (TPSA) is 125 Å². The predicted molar refractivity (Wildman–Crippen MR) is 116 cm³/mol. The minimum atomic E-state index is 0.0316. The summed E-state index contributed by atoms with van der Waals surface area (Å²) >= 11 is 0. The van der Waals surface area contributed by atoms with Crippen molar-refractivity contribution in [2.24, 2.45) is 11.5 Å². The SMILES string of the molecule is Cc1ncc(N(C)c2ccc(C(=N)N)cc2)cc1OCc1cccc(C(=N)N)c1. The number of ether oxygens (including phenoxy) is 1. The Hall–Kier alpha value is -3.87. The quantitative estimate of drug-likeness (QED) is 0.365. The standard InChI is InChI=1S/C22H24N6O/c1-14-20(29-13-15-4-3-5-17(10-15)22(25)26)11-19(12-27-14)28(2)18-8-6-16(7-9-18)21(23)24/h3-12H,13H2,1-2H3,(H3,23,24)(H3,25,26). The van der Waals surface area contributed by atoms with Crippen LogP contribution >= 0.6 is 0 Å². The molecule has 2 aromatic carbocycles. The molecule has 29 heavy (non-hydrogen) atoms. The summed E-state index contributed by atoms with van der Waals surface area (Å²) in [7, 11) is 1.94. The summed E-state index contributed by atoms with van der Waals surface area (Å²) in [5.74, 6) is 0.757. The maximum Gasteiger partial charge on any atom is 0.143 e. The minimum Gasteiger partial charge on any atom is -0.487 e. The number of rotatable bonds is 7. The van der Waals surface area contributed by atoms with Gasteiger partial charge in [0.25, 0.3) is 0 Å². The normalized spacial score (nSPS) is 10.4. The Balaban J connectivity index is 1.78. The van der Waals surface area contributed by atoms with Gasteiger partial charge >= 0.3 is 0 Å². The van der Waals surface area contributed by atoms with E-state index in [4.69, 9.17) is 27.0 Å². The van der Waals surface area contributed by atoms with Gasteiger partial charge in [0.2, 0.25) is 0 Å². The number of hydrogen-bond acceptors (Lipinski definition) is 5. The Morgan fingerprint density at radius 2 is 1.66 bits per heavy atom. The lowest BCUT2D eigenvalue weighted by Gasteiger charge is -2.21. The molecule has 0 aliphatic carbocycles. The molecule has 0 saturated carbocycles. The first-order valence-electron chi connectivity index (χ1n) is 9.06. The first-order valence-corrected chi connectivity index (χ1v) is 9.06. The van der Waals surface area contributed by atoms with E-state index in [0.29, 0.717) is 23.5 Å². The third-order valence-corrected chi connectivity index (χ3v) is 4.61. The lowest BCUT2D eigenvalue weighted by molar-refractivity contribution is 0.302. The van der Waals surface area contributed by atoms with Crippen LogP contribution in [0.4, 0.5) is 11.4 Å². The molecule has 0 spiro atoms. The summed E-state index contributed by atoms with van der Waals surface area (Å²) in [6.45, 7) is 2.25. The van der Waals surface area contributed by atoms with Crippen molar-refractivity contribution in [1.82, 2.24) is 4.98 Å². The second-order valence-electron chi connectivity index (χ2n) is 6.70. The average Bonchev–Trinajstić information content (AvgIpc) is 2.73. The Labute approximate surface area is 170 Å². The van der Waals surface area contributed by atoms with Gasteiger partial charge in [0.15, 0.2) is 0 Å². The molecular formula is C22H24N6O. The summed E-state index contributed by atoms with van der Waals surface area (Å²) in [5, 5.41) is 15.1. The number of hydrogen-bond donors (Lipinski definition) is 4. The maximum absolute atomic E-state index is 7.56. The smallest absolute Gasteiger partial charge is 0.143 e. The number of anilines is 2. The van der Waals surface area contributed by atoms with Crippen LogP contribution in [0.25, 0.3) is 0 Å². The number of aryl methyl sites for hydroxylation is 1. The van der Waals surface area contributed by atoms with Gasteiger partial charge in [0.1, 0.15) is 24.0 Å². The van der Waals surface area contributed by atoms with E-state index in [1.54, 1.807) is 12.3 Å². The van der Waals surface area contributed by atoms with Crippen LogP contribution in [0.3, 0.4) is 0 Å². The van der Waals surface area contributed by atoms with E-state index in [1.165, 1.54) is 0 Å². The molecule has 0 aliphatic rings. The summed E-state index contributed by atoms with van der Waals surface area (Å²) in [6.07, 6.45) is 1.79. The van der Waals surface area contributed by atoms with E-state index in [9.17, 15) is 0 Å². The van der Waals surface area contributed by atoms with Crippen molar-refractivity contribution in [3.8, 4) is 5.75 Å². The second-order valence-corrected chi connectivity index (χ2v) is 6.70. The van der Waals surface area contributed by atoms with Crippen LogP contribution in [0, 0.1) is 17.7 Å². The Kier molecular flexibility index (Phi) is 5.78. The molecule has 0 unspecified atom stereocenters. The fourth-order valence-corrected chi connectivity index (χ4v) is 2.84. The van der Waals surface area contributed by atoms with Crippen LogP contribution < -0.4 is 21.1 Å². The van der Waals surface area contributed by atoms with Crippen LogP contribution in [-0.4, -0.2) is 23.7 Å². The summed E-state index contributed by atoms with van der Waals surface area (Å²) in [4.78, 5) is 6.44. The molecule has 0 saturated heterocycles. The van der Waals surface area contributed by atoms with Gasteiger partial charge in [-0.3, -0.25) is 15.8 Å². The lowest BCUT2D eigenvalue weighted by atomic mass is 10.1. The van der Waals surface area contributed by atoms with Crippen molar-refractivity contribution < 1.29 is 4.74 Å². The molecule has 0 aliphatic heterocycles. The van der Waals surface area contributed by atoms with E-state index >= 15 is 0 Å². The lowest BCUT2D eigenvalue weighted by Crippen LogP contribution is -2.13. The summed E-state index contributed by atoms with van der Waals surface area (Å²) in [5.41, 5.74) is 16.0. The first kappa shape index (κ1) is 19.9. The molecule has 0 radical (unpaired) electrons. The summed E-state index contributed by atoms with van der Waals surface area (Å²) < 4.78 is 5.99. The van der Waals surface area contributed by atoms with E-state index in [2.05, 4.69) is 4.98 Å². The number of amidine groups is 2. The third kappa shape index (κ3) is 4.70. The van der Waals surface area contributed by atoms with Gasteiger partial charge in [-0.15, -0.1) is 0 Å². The number of nitrogens with two attached hydrogens (primary N) is 2. The molecule has 7 nitrogen and oxygen atoms in total. The molecule has 7 heteroatoms. The largest absolute Gasteiger partial charge is 0.487 e. The highest BCUT2D eigenvalue weighted by Crippen LogP contribution is 2.28. The first-order chi connectivity index (χ1) is 13.8. The van der Waals surface area contributed by atoms with Crippen LogP contribution in [0.15, 0.2) is 60.8 Å². The molecule has 148 valence electrons. The van der Waals surface area contributed by atoms with E-state index < -0.39 is 0 Å². The molecule has 0 bridgehead atoms. The zero-order chi connectivity index (χ0) is 21.0. The molecule has 3 aromatic rings. The van der Waals surface area contributed by atoms with E-state index in [-0.39, 0.29) is 11.7 Å². The molecule has 1 heterocycles. The summed E-state index contributed by atoms with van der Waals surface area (Å²) in [6, 6.07) is 16.8. The van der Waals surface area contributed by atoms with Crippen LogP contribution in [0.2, 0.25) is 0 Å². The Morgan fingerprint density at radius 3 is 2.31 bits per heavy atom. The fraction of sp³-hybridized carbons (Fsp3) is 0.136. The number of pyridine rings is 1. The Morgan fingerprint density at radius 1 is 0.966 bits per heavy atom. The van der Waals surface area contributed by atoms with E-state index in [1.807, 2.05) is 67.4 Å². The highest BCUT2D eigenvalue weighted by molar-refractivity contribution is 5.95. The van der Waals surface area contributed by atoms with Crippen molar-refractivity contribution in [3.05, 3.63) is 83.2 Å². The number of nitrogens with one attached hydrogen (secondary N) is 2. The van der Waals surface area contributed by atoms with Gasteiger partial charge in [-0.2, -0.15) is 0 Å². The zero-order valence-electron chi connectivity index (χ0n) is 16.4. The van der Waals surface area contributed by atoms with Gasteiger partial charge in [-0.05, 0) is 42.8 Å². The molecular weight excluding hydrogens is 364 g/mol. The number of nitrogen functional groups attached to an aromatic ring is 2. The second kappa shape index (κ2) is 8.43. The van der Waals surface area contributed by atoms with Crippen molar-refractivity contribution in [3.63, 3.8) is 0 Å². The van der Waals surface area contributed by atoms with Gasteiger partial charge in [-0.1, -0.05) is 18.2 Å². The van der Waals surface area contributed by atoms with Crippen molar-refractivity contribution in [1.29, 1.82) is 10.8 Å². The van der Waals surface area contributed by atoms with Gasteiger partial charge in [-0.25, -0.2) is 0 Å². The monoisotopic (exact) mass is 388 g/mol. The van der Waals surface area contributed by atoms with Gasteiger partial charge < -0.3 is 21.1 Å². The molecule has 0 amide bonds. The molecule has 0 atom stereocenters. The van der Waals surface area contributed by atoms with Crippen LogP contribution in [-0.2, 0) is 6.61 Å². The number of nitrogens with zero attached hydrogens (tertiary/aromatic N) is 2. The molecule has 6 N–H and O–H groups in total. The van der Waals surface area contributed by atoms with Gasteiger partial charge in [0, 0.05) is 29.9 Å². The van der Waals surface area contributed by atoms with Crippen LogP contribution in [0.5, 0.6) is 5.75 Å². The molecule has 1 aromatic heterocycles. The van der Waals surface area contributed by atoms with Crippen molar-refractivity contribution in [2.45, 2.75) is 13.5 Å². The maximum atomic E-state index is 7.56. The minimum absolute atomic E-state index is 0.0316. The third-order valence-electron chi connectivity index (χ3n) is 4.61. The molecule has 0 fully saturated rings. The highest BCUT2D eigenvalue weighted by atomic mass is 16.5. The Bertz CT molecular complexity index is 1050.